The quantitative estimate of drug-likeness (QED) is 0.672. The molecule has 90 valence electrons. The summed E-state index contributed by atoms with van der Waals surface area (Å²) >= 11 is 0. The molecule has 0 bridgehead atoms. The maximum Gasteiger partial charge on any atom is 0.471 e. The highest BCUT2D eigenvalue weighted by molar-refractivity contribution is 5.81. The van der Waals surface area contributed by atoms with E-state index in [0.717, 1.165) is 0 Å². The lowest BCUT2D eigenvalue weighted by Crippen LogP contribution is -2.44. The summed E-state index contributed by atoms with van der Waals surface area (Å²) in [5.41, 5.74) is 0. The molecule has 0 aromatic rings. The molecule has 7 heteroatoms. The lowest BCUT2D eigenvalue weighted by atomic mass is 10.4. The second-order valence-electron chi connectivity index (χ2n) is 2.78. The van der Waals surface area contributed by atoms with E-state index in [2.05, 4.69) is 9.47 Å². The van der Waals surface area contributed by atoms with Crippen LogP contribution in [0, 0.1) is 0 Å². The molecule has 0 radical (unpaired) electrons. The van der Waals surface area contributed by atoms with Gasteiger partial charge in [0.2, 0.25) is 0 Å². The molecular formula is C8H14F3NO3. The van der Waals surface area contributed by atoms with Gasteiger partial charge in [-0.3, -0.25) is 4.79 Å². The zero-order valence-electron chi connectivity index (χ0n) is 8.63. The normalized spacial score (nSPS) is 11.5. The van der Waals surface area contributed by atoms with Crippen molar-refractivity contribution in [2.24, 2.45) is 0 Å². The minimum absolute atomic E-state index is 0.0610. The van der Waals surface area contributed by atoms with E-state index in [1.54, 1.807) is 0 Å². The van der Waals surface area contributed by atoms with Gasteiger partial charge < -0.3 is 14.4 Å². The summed E-state index contributed by atoms with van der Waals surface area (Å²) in [7, 11) is 2.71. The van der Waals surface area contributed by atoms with Crippen LogP contribution < -0.4 is 0 Å². The smallest absolute Gasteiger partial charge is 0.383 e. The Balaban J connectivity index is 4.27. The van der Waals surface area contributed by atoms with Crippen LogP contribution in [0.4, 0.5) is 13.2 Å². The first kappa shape index (κ1) is 14.2. The molecule has 0 atom stereocenters. The predicted octanol–water partition coefficient (Wildman–Crippen LogP) is 0.670. The largest absolute Gasteiger partial charge is 0.471 e. The predicted molar refractivity (Wildman–Crippen MR) is 46.4 cm³/mol. The first-order chi connectivity index (χ1) is 6.93. The Hall–Kier alpha value is -0.820. The van der Waals surface area contributed by atoms with E-state index in [1.165, 1.54) is 14.2 Å². The van der Waals surface area contributed by atoms with E-state index >= 15 is 0 Å². The summed E-state index contributed by atoms with van der Waals surface area (Å²) in [5.74, 6) is -1.86. The number of amides is 1. The molecule has 0 aliphatic carbocycles. The number of alkyl halides is 3. The van der Waals surface area contributed by atoms with Crippen LogP contribution in [0.25, 0.3) is 0 Å². The molecule has 0 rings (SSSR count). The van der Waals surface area contributed by atoms with Gasteiger partial charge in [-0.05, 0) is 0 Å². The second kappa shape index (κ2) is 6.62. The Kier molecular flexibility index (Phi) is 6.26. The monoisotopic (exact) mass is 229 g/mol. The first-order valence-corrected chi connectivity index (χ1v) is 4.27. The number of nitrogens with zero attached hydrogens (tertiary/aromatic N) is 1. The topological polar surface area (TPSA) is 38.8 Å². The van der Waals surface area contributed by atoms with Gasteiger partial charge in [-0.15, -0.1) is 0 Å². The Morgan fingerprint density at radius 2 is 1.53 bits per heavy atom. The molecule has 0 saturated heterocycles. The van der Waals surface area contributed by atoms with Crippen LogP contribution in [0.1, 0.15) is 0 Å². The number of methoxy groups -OCH3 is 2. The average molecular weight is 229 g/mol. The highest BCUT2D eigenvalue weighted by Gasteiger charge is 2.42. The summed E-state index contributed by atoms with van der Waals surface area (Å²) in [6.07, 6.45) is -4.85. The van der Waals surface area contributed by atoms with Gasteiger partial charge >= 0.3 is 12.1 Å². The van der Waals surface area contributed by atoms with Crippen LogP contribution >= 0.6 is 0 Å². The van der Waals surface area contributed by atoms with Gasteiger partial charge in [-0.25, -0.2) is 0 Å². The molecule has 0 aliphatic heterocycles. The van der Waals surface area contributed by atoms with E-state index in [0.29, 0.717) is 4.90 Å². The number of rotatable bonds is 6. The van der Waals surface area contributed by atoms with Crippen molar-refractivity contribution in [1.82, 2.24) is 4.90 Å². The minimum Gasteiger partial charge on any atom is -0.383 e. The number of carbonyl (C=O) groups excluding carboxylic acids is 1. The fourth-order valence-corrected chi connectivity index (χ4v) is 0.897. The third-order valence-corrected chi connectivity index (χ3v) is 1.66. The molecule has 0 aromatic heterocycles. The van der Waals surface area contributed by atoms with Gasteiger partial charge in [0.25, 0.3) is 0 Å². The number of halogens is 3. The maximum atomic E-state index is 12.1. The van der Waals surface area contributed by atoms with Crippen LogP contribution in [0.15, 0.2) is 0 Å². The number of hydrogen-bond donors (Lipinski definition) is 0. The molecular weight excluding hydrogens is 215 g/mol. The van der Waals surface area contributed by atoms with Crippen LogP contribution in [-0.4, -0.2) is 57.5 Å². The van der Waals surface area contributed by atoms with Gasteiger partial charge in [0.15, 0.2) is 0 Å². The molecule has 1 amide bonds. The molecule has 0 aliphatic rings. The van der Waals surface area contributed by atoms with E-state index in [4.69, 9.17) is 0 Å². The zero-order chi connectivity index (χ0) is 11.9. The van der Waals surface area contributed by atoms with E-state index < -0.39 is 12.1 Å². The minimum atomic E-state index is -4.85. The van der Waals surface area contributed by atoms with Crippen LogP contribution in [0.5, 0.6) is 0 Å². The fourth-order valence-electron chi connectivity index (χ4n) is 0.897. The van der Waals surface area contributed by atoms with Crippen molar-refractivity contribution in [2.45, 2.75) is 6.18 Å². The van der Waals surface area contributed by atoms with Crippen molar-refractivity contribution in [1.29, 1.82) is 0 Å². The summed E-state index contributed by atoms with van der Waals surface area (Å²) in [6, 6.07) is 0. The van der Waals surface area contributed by atoms with Crippen LogP contribution in [0.2, 0.25) is 0 Å². The highest BCUT2D eigenvalue weighted by atomic mass is 19.4. The molecule has 0 aromatic carbocycles. The van der Waals surface area contributed by atoms with Crippen LogP contribution in [0.3, 0.4) is 0 Å². The Labute approximate surface area is 85.9 Å². The second-order valence-corrected chi connectivity index (χ2v) is 2.78. The number of carbonyl (C=O) groups is 1. The number of ether oxygens (including phenoxy) is 2. The Bertz CT molecular complexity index is 188. The molecule has 0 heterocycles. The molecule has 0 fully saturated rings. The summed E-state index contributed by atoms with van der Waals surface area (Å²) in [4.78, 5) is 11.5. The van der Waals surface area contributed by atoms with Crippen molar-refractivity contribution >= 4 is 5.91 Å². The third kappa shape index (κ3) is 5.58. The zero-order valence-corrected chi connectivity index (χ0v) is 8.63. The van der Waals surface area contributed by atoms with Gasteiger partial charge in [0.05, 0.1) is 13.2 Å². The molecule has 4 nitrogen and oxygen atoms in total. The highest BCUT2D eigenvalue weighted by Crippen LogP contribution is 2.18. The van der Waals surface area contributed by atoms with Crippen molar-refractivity contribution in [3.8, 4) is 0 Å². The van der Waals surface area contributed by atoms with Crippen molar-refractivity contribution in [3.63, 3.8) is 0 Å². The van der Waals surface area contributed by atoms with Crippen molar-refractivity contribution in [2.75, 3.05) is 40.5 Å². The van der Waals surface area contributed by atoms with Crippen molar-refractivity contribution in [3.05, 3.63) is 0 Å². The lowest BCUT2D eigenvalue weighted by Gasteiger charge is -2.22. The standard InChI is InChI=1S/C8H14F3NO3/c1-14-5-3-12(4-6-15-2)7(13)8(9,10)11/h3-6H2,1-2H3. The SMILES string of the molecule is COCCN(CCOC)C(=O)C(F)(F)F. The Morgan fingerprint density at radius 1 is 1.13 bits per heavy atom. The van der Waals surface area contributed by atoms with E-state index in [9.17, 15) is 18.0 Å². The first-order valence-electron chi connectivity index (χ1n) is 4.27. The summed E-state index contributed by atoms with van der Waals surface area (Å²) in [5, 5.41) is 0. The Morgan fingerprint density at radius 3 is 1.80 bits per heavy atom. The third-order valence-electron chi connectivity index (χ3n) is 1.66. The van der Waals surface area contributed by atoms with Gasteiger partial charge in [0, 0.05) is 27.3 Å². The average Bonchev–Trinajstić information content (AvgIpc) is 2.16. The van der Waals surface area contributed by atoms with Crippen molar-refractivity contribution < 1.29 is 27.4 Å². The summed E-state index contributed by atoms with van der Waals surface area (Å²) < 4.78 is 45.5. The fraction of sp³-hybridized carbons (Fsp3) is 0.875. The lowest BCUT2D eigenvalue weighted by molar-refractivity contribution is -0.186. The number of hydrogen-bond acceptors (Lipinski definition) is 3. The molecule has 0 spiro atoms. The molecule has 0 N–H and O–H groups in total. The molecule has 0 unspecified atom stereocenters. The molecule has 0 saturated carbocycles. The van der Waals surface area contributed by atoms with Gasteiger partial charge in [0.1, 0.15) is 0 Å². The van der Waals surface area contributed by atoms with Gasteiger partial charge in [-0.2, -0.15) is 13.2 Å². The van der Waals surface area contributed by atoms with Crippen LogP contribution in [-0.2, 0) is 14.3 Å². The molecule has 15 heavy (non-hydrogen) atoms. The summed E-state index contributed by atoms with van der Waals surface area (Å²) in [6.45, 7) is -0.0759. The maximum absolute atomic E-state index is 12.1. The van der Waals surface area contributed by atoms with Gasteiger partial charge in [-0.1, -0.05) is 0 Å². The van der Waals surface area contributed by atoms with E-state index in [-0.39, 0.29) is 26.3 Å². The van der Waals surface area contributed by atoms with E-state index in [1.807, 2.05) is 0 Å².